The van der Waals surface area contributed by atoms with Crippen molar-refractivity contribution in [2.24, 2.45) is 0 Å². The van der Waals surface area contributed by atoms with Gasteiger partial charge in [-0.25, -0.2) is 0 Å². The summed E-state index contributed by atoms with van der Waals surface area (Å²) >= 11 is 0. The van der Waals surface area contributed by atoms with Crippen LogP contribution in [0, 0.1) is 0 Å². The molecule has 0 aromatic heterocycles. The number of hydrogen-bond acceptors (Lipinski definition) is 5. The van der Waals surface area contributed by atoms with Crippen molar-refractivity contribution < 1.29 is 37.8 Å². The normalized spacial score (nSPS) is 12.5. The zero-order chi connectivity index (χ0) is 22.8. The molecule has 0 heterocycles. The maximum Gasteiger partial charge on any atom is 2.00 e. The summed E-state index contributed by atoms with van der Waals surface area (Å²) in [6.45, 7) is 4.42. The molecule has 0 fully saturated rings. The molecular weight excluding hydrogens is 513 g/mol. The van der Waals surface area contributed by atoms with Crippen molar-refractivity contribution in [2.45, 2.75) is 109 Å². The number of rotatable bonds is 20. The predicted octanol–water partition coefficient (Wildman–Crippen LogP) is 7.76. The third-order valence-corrected chi connectivity index (χ3v) is 12.8. The smallest absolute Gasteiger partial charge is 0.789 e. The van der Waals surface area contributed by atoms with Gasteiger partial charge in [0.1, 0.15) is 0 Å². The standard InChI is InChI=1S/C24H45O4PS2.Zn/c1-3-5-7-9-11-13-18-22-31(28-29(25,26)27,30-24-20-16-15-17-21-24)23-19-14-12-10-8-6-4-2;/h15-17,20-21H,3-14,18-19,22-23H2,1-2H3,(H2,25,26,27);/q;+2/p-2. The van der Waals surface area contributed by atoms with Crippen LogP contribution in [0.1, 0.15) is 104 Å². The first-order valence-electron chi connectivity index (χ1n) is 12.2. The van der Waals surface area contributed by atoms with Crippen LogP contribution < -0.4 is 9.79 Å². The summed E-state index contributed by atoms with van der Waals surface area (Å²) in [7, 11) is -5.63. The van der Waals surface area contributed by atoms with Crippen LogP contribution in [0.2, 0.25) is 0 Å². The molecule has 8 heteroatoms. The Hall–Kier alpha value is 0.653. The van der Waals surface area contributed by atoms with Crippen molar-refractivity contribution in [1.29, 1.82) is 0 Å². The minimum Gasteiger partial charge on any atom is -0.789 e. The van der Waals surface area contributed by atoms with Crippen molar-refractivity contribution >= 4 is 28.0 Å². The third-order valence-electron chi connectivity index (χ3n) is 5.34. The van der Waals surface area contributed by atoms with Gasteiger partial charge in [-0.2, -0.15) is 0 Å². The predicted molar refractivity (Wildman–Crippen MR) is 134 cm³/mol. The van der Waals surface area contributed by atoms with Gasteiger partial charge in [0.05, 0.1) is 7.82 Å². The average molecular weight is 556 g/mol. The van der Waals surface area contributed by atoms with Crippen LogP contribution >= 0.6 is 28.0 Å². The monoisotopic (exact) mass is 554 g/mol. The van der Waals surface area contributed by atoms with Crippen LogP contribution in [0.25, 0.3) is 0 Å². The zero-order valence-electron chi connectivity index (χ0n) is 20.3. The Morgan fingerprint density at radius 3 is 1.56 bits per heavy atom. The summed E-state index contributed by atoms with van der Waals surface area (Å²) in [6.07, 6.45) is 16.3. The van der Waals surface area contributed by atoms with Crippen LogP contribution in [0.15, 0.2) is 35.2 Å². The first kappa shape index (κ1) is 32.7. The summed E-state index contributed by atoms with van der Waals surface area (Å²) in [6, 6.07) is 9.79. The second-order valence-electron chi connectivity index (χ2n) is 8.31. The Labute approximate surface area is 215 Å². The molecule has 182 valence electrons. The van der Waals surface area contributed by atoms with E-state index in [0.29, 0.717) is 11.5 Å². The number of phosphoric acid groups is 1. The molecule has 0 spiro atoms. The minimum absolute atomic E-state index is 0. The van der Waals surface area contributed by atoms with E-state index in [-0.39, 0.29) is 19.5 Å². The fourth-order valence-corrected chi connectivity index (χ4v) is 11.5. The van der Waals surface area contributed by atoms with Gasteiger partial charge in [-0.15, -0.1) is 0 Å². The first-order chi connectivity index (χ1) is 14.9. The molecule has 0 saturated carbocycles. The van der Waals surface area contributed by atoms with Gasteiger partial charge < -0.3 is 14.4 Å². The molecule has 0 atom stereocenters. The van der Waals surface area contributed by atoms with E-state index in [9.17, 15) is 14.4 Å². The molecule has 1 aromatic rings. The van der Waals surface area contributed by atoms with Crippen LogP contribution in [0.5, 0.6) is 0 Å². The van der Waals surface area contributed by atoms with E-state index < -0.39 is 17.2 Å². The second-order valence-corrected chi connectivity index (χ2v) is 15.1. The molecule has 0 saturated heterocycles. The Bertz CT molecular complexity index is 583. The van der Waals surface area contributed by atoms with E-state index in [1.807, 2.05) is 30.3 Å². The number of unbranched alkanes of at least 4 members (excludes halogenated alkanes) is 12. The summed E-state index contributed by atoms with van der Waals surface area (Å²) in [5.41, 5.74) is 0. The van der Waals surface area contributed by atoms with Gasteiger partial charge >= 0.3 is 19.5 Å². The first-order valence-corrected chi connectivity index (χ1v) is 16.9. The van der Waals surface area contributed by atoms with Crippen LogP contribution in [-0.4, -0.2) is 11.5 Å². The van der Waals surface area contributed by atoms with E-state index in [0.717, 1.165) is 43.4 Å². The van der Waals surface area contributed by atoms with Gasteiger partial charge in [0.2, 0.25) is 0 Å². The van der Waals surface area contributed by atoms with E-state index >= 15 is 0 Å². The average Bonchev–Trinajstić information content (AvgIpc) is 2.72. The number of benzene rings is 1. The molecule has 0 aliphatic heterocycles. The summed E-state index contributed by atoms with van der Waals surface area (Å²) < 4.78 is 17.1. The molecule has 0 bridgehead atoms. The fraction of sp³-hybridized carbons (Fsp3) is 0.750. The largest absolute Gasteiger partial charge is 2.00 e. The van der Waals surface area contributed by atoms with Gasteiger partial charge in [0, 0.05) is 16.4 Å². The third kappa shape index (κ3) is 17.1. The summed E-state index contributed by atoms with van der Waals surface area (Å²) in [4.78, 5) is 24.4. The van der Waals surface area contributed by atoms with Gasteiger partial charge in [-0.1, -0.05) is 129 Å². The van der Waals surface area contributed by atoms with E-state index in [4.69, 9.17) is 3.97 Å². The molecule has 0 aliphatic rings. The minimum atomic E-state index is -5.05. The Morgan fingerprint density at radius 2 is 1.16 bits per heavy atom. The SMILES string of the molecule is CCCCCCCCCS(CCCCCCCCC)(OP(=O)([O-])[O-])Sc1ccccc1.[Zn+2]. The molecule has 0 amide bonds. The topological polar surface area (TPSA) is 72.4 Å². The van der Waals surface area contributed by atoms with Crippen molar-refractivity contribution in [3.63, 3.8) is 0 Å². The second kappa shape index (κ2) is 19.9. The molecule has 0 unspecified atom stereocenters. The van der Waals surface area contributed by atoms with Crippen molar-refractivity contribution in [2.75, 3.05) is 11.5 Å². The van der Waals surface area contributed by atoms with Gasteiger partial charge in [-0.3, -0.25) is 3.97 Å². The molecule has 0 radical (unpaired) electrons. The maximum atomic E-state index is 11.7. The Balaban J connectivity index is 0.00000961. The zero-order valence-corrected chi connectivity index (χ0v) is 25.8. The van der Waals surface area contributed by atoms with Gasteiger partial charge in [-0.05, 0) is 25.0 Å². The van der Waals surface area contributed by atoms with Crippen LogP contribution in [-0.2, 0) is 28.0 Å². The van der Waals surface area contributed by atoms with Gasteiger partial charge in [0.25, 0.3) is 0 Å². The quantitative estimate of drug-likeness (QED) is 0.0711. The molecule has 32 heavy (non-hydrogen) atoms. The summed E-state index contributed by atoms with van der Waals surface area (Å²) in [5, 5.41) is 0. The van der Waals surface area contributed by atoms with Crippen LogP contribution in [0.4, 0.5) is 0 Å². The molecule has 1 rings (SSSR count). The molecule has 0 N–H and O–H groups in total. The van der Waals surface area contributed by atoms with E-state index in [2.05, 4.69) is 13.8 Å². The number of hydrogen-bond donors (Lipinski definition) is 0. The molecular formula is C24H43O4PS2Zn. The molecule has 4 nitrogen and oxygen atoms in total. The maximum absolute atomic E-state index is 11.7. The van der Waals surface area contributed by atoms with Crippen LogP contribution in [0.3, 0.4) is 0 Å². The Morgan fingerprint density at radius 1 is 0.750 bits per heavy atom. The van der Waals surface area contributed by atoms with Crippen molar-refractivity contribution in [1.82, 2.24) is 0 Å². The molecule has 0 aliphatic carbocycles. The summed E-state index contributed by atoms with van der Waals surface area (Å²) in [5.74, 6) is 1.34. The van der Waals surface area contributed by atoms with E-state index in [1.54, 1.807) is 0 Å². The fourth-order valence-electron chi connectivity index (χ4n) is 3.65. The Kier molecular flexibility index (Phi) is 20.3. The van der Waals surface area contributed by atoms with Gasteiger partial charge in [0.15, 0.2) is 0 Å². The van der Waals surface area contributed by atoms with E-state index in [1.165, 1.54) is 62.2 Å². The molecule has 1 aromatic carbocycles. The van der Waals surface area contributed by atoms with Crippen molar-refractivity contribution in [3.05, 3.63) is 30.3 Å². The van der Waals surface area contributed by atoms with Crippen molar-refractivity contribution in [3.8, 4) is 0 Å².